The van der Waals surface area contributed by atoms with Crippen LogP contribution in [-0.2, 0) is 11.3 Å². The first-order valence-electron chi connectivity index (χ1n) is 8.57. The Labute approximate surface area is 163 Å². The van der Waals surface area contributed by atoms with Crippen molar-refractivity contribution in [1.29, 1.82) is 0 Å². The van der Waals surface area contributed by atoms with Gasteiger partial charge in [0.25, 0.3) is 0 Å². The zero-order valence-electron chi connectivity index (χ0n) is 15.1. The summed E-state index contributed by atoms with van der Waals surface area (Å²) in [5, 5.41) is 6.86. The van der Waals surface area contributed by atoms with E-state index in [1.54, 1.807) is 0 Å². The van der Waals surface area contributed by atoms with Crippen LogP contribution in [0.3, 0.4) is 0 Å². The minimum absolute atomic E-state index is 0. The highest BCUT2D eigenvalue weighted by Crippen LogP contribution is 2.12. The minimum atomic E-state index is 0. The first-order chi connectivity index (χ1) is 11.2. The lowest BCUT2D eigenvalue weighted by molar-refractivity contribution is 0.00752. The van der Waals surface area contributed by atoms with Crippen LogP contribution in [0, 0.1) is 5.92 Å². The van der Waals surface area contributed by atoms with Crippen molar-refractivity contribution in [2.24, 2.45) is 10.9 Å². The molecule has 1 atom stereocenters. The van der Waals surface area contributed by atoms with Gasteiger partial charge >= 0.3 is 0 Å². The van der Waals surface area contributed by atoms with Gasteiger partial charge in [0.1, 0.15) is 0 Å². The average molecular weight is 449 g/mol. The molecule has 1 unspecified atom stereocenters. The van der Waals surface area contributed by atoms with Crippen molar-refractivity contribution >= 4 is 29.9 Å². The molecule has 0 aromatic carbocycles. The molecule has 0 aliphatic carbocycles. The molecule has 0 radical (unpaired) electrons. The molecule has 1 aromatic rings. The van der Waals surface area contributed by atoms with Gasteiger partial charge in [-0.05, 0) is 18.1 Å². The van der Waals surface area contributed by atoms with E-state index in [9.17, 15) is 0 Å². The number of guanidine groups is 1. The SMILES string of the molecule is CN=C(NCCn1cccc1)NCC(C(C)C)N1CCOCC1.I. The predicted octanol–water partition coefficient (Wildman–Crippen LogP) is 1.63. The number of aromatic nitrogens is 1. The molecular weight excluding hydrogens is 417 g/mol. The highest BCUT2D eigenvalue weighted by atomic mass is 127. The third-order valence-corrected chi connectivity index (χ3v) is 4.32. The Kier molecular flexibility index (Phi) is 10.4. The van der Waals surface area contributed by atoms with Gasteiger partial charge in [-0.3, -0.25) is 9.89 Å². The maximum atomic E-state index is 5.46. The fourth-order valence-corrected chi connectivity index (χ4v) is 2.94. The van der Waals surface area contributed by atoms with E-state index in [0.29, 0.717) is 12.0 Å². The maximum Gasteiger partial charge on any atom is 0.191 e. The summed E-state index contributed by atoms with van der Waals surface area (Å²) in [6.07, 6.45) is 4.15. The first kappa shape index (κ1) is 21.2. The second-order valence-electron chi connectivity index (χ2n) is 6.26. The maximum absolute atomic E-state index is 5.46. The molecule has 1 aliphatic heterocycles. The van der Waals surface area contributed by atoms with Crippen LogP contribution in [0.25, 0.3) is 0 Å². The van der Waals surface area contributed by atoms with E-state index in [1.165, 1.54) is 0 Å². The van der Waals surface area contributed by atoms with E-state index in [-0.39, 0.29) is 24.0 Å². The summed E-state index contributed by atoms with van der Waals surface area (Å²) in [7, 11) is 1.82. The lowest BCUT2D eigenvalue weighted by Gasteiger charge is -2.37. The van der Waals surface area contributed by atoms with Gasteiger partial charge in [-0.25, -0.2) is 0 Å². The molecule has 7 heteroatoms. The molecule has 1 saturated heterocycles. The van der Waals surface area contributed by atoms with Crippen molar-refractivity contribution in [3.8, 4) is 0 Å². The van der Waals surface area contributed by atoms with Crippen LogP contribution in [0.2, 0.25) is 0 Å². The first-order valence-corrected chi connectivity index (χ1v) is 8.57. The van der Waals surface area contributed by atoms with Crippen molar-refractivity contribution in [2.75, 3.05) is 46.4 Å². The van der Waals surface area contributed by atoms with Crippen molar-refractivity contribution in [2.45, 2.75) is 26.4 Å². The van der Waals surface area contributed by atoms with Gasteiger partial charge < -0.3 is 19.9 Å². The number of hydrogen-bond donors (Lipinski definition) is 2. The van der Waals surface area contributed by atoms with Gasteiger partial charge in [0.05, 0.1) is 13.2 Å². The zero-order valence-corrected chi connectivity index (χ0v) is 17.4. The van der Waals surface area contributed by atoms with Gasteiger partial charge in [0.15, 0.2) is 5.96 Å². The summed E-state index contributed by atoms with van der Waals surface area (Å²) in [6.45, 7) is 11.0. The van der Waals surface area contributed by atoms with E-state index in [4.69, 9.17) is 4.74 Å². The summed E-state index contributed by atoms with van der Waals surface area (Å²) >= 11 is 0. The molecular formula is C17H32IN5O. The number of halogens is 1. The molecule has 24 heavy (non-hydrogen) atoms. The van der Waals surface area contributed by atoms with Crippen molar-refractivity contribution in [3.05, 3.63) is 24.5 Å². The molecule has 6 nitrogen and oxygen atoms in total. The fraction of sp³-hybridized carbons (Fsp3) is 0.706. The minimum Gasteiger partial charge on any atom is -0.379 e. The molecule has 1 fully saturated rings. The van der Waals surface area contributed by atoms with Crippen LogP contribution in [0.1, 0.15) is 13.8 Å². The van der Waals surface area contributed by atoms with Crippen LogP contribution in [-0.4, -0.2) is 67.9 Å². The van der Waals surface area contributed by atoms with Crippen molar-refractivity contribution in [3.63, 3.8) is 0 Å². The Balaban J connectivity index is 0.00000288. The quantitative estimate of drug-likeness (QED) is 0.378. The molecule has 1 aromatic heterocycles. The Hall–Kier alpha value is -0.800. The lowest BCUT2D eigenvalue weighted by Crippen LogP contribution is -2.52. The molecule has 0 saturated carbocycles. The summed E-state index contributed by atoms with van der Waals surface area (Å²) in [5.41, 5.74) is 0. The van der Waals surface area contributed by atoms with E-state index >= 15 is 0 Å². The Morgan fingerprint density at radius 3 is 2.42 bits per heavy atom. The van der Waals surface area contributed by atoms with E-state index in [2.05, 4.69) is 51.3 Å². The zero-order chi connectivity index (χ0) is 16.5. The third kappa shape index (κ3) is 6.98. The third-order valence-electron chi connectivity index (χ3n) is 4.32. The summed E-state index contributed by atoms with van der Waals surface area (Å²) in [5.74, 6) is 1.47. The highest BCUT2D eigenvalue weighted by molar-refractivity contribution is 14.0. The number of ether oxygens (including phenoxy) is 1. The summed E-state index contributed by atoms with van der Waals surface area (Å²) in [6, 6.07) is 4.59. The molecule has 0 bridgehead atoms. The molecule has 1 aliphatic rings. The van der Waals surface area contributed by atoms with Gasteiger partial charge in [-0.1, -0.05) is 13.8 Å². The Morgan fingerprint density at radius 2 is 1.83 bits per heavy atom. The van der Waals surface area contributed by atoms with Crippen molar-refractivity contribution < 1.29 is 4.74 Å². The van der Waals surface area contributed by atoms with Gasteiger partial charge in [0, 0.05) is 58.2 Å². The van der Waals surface area contributed by atoms with Crippen LogP contribution in [0.5, 0.6) is 0 Å². The molecule has 2 N–H and O–H groups in total. The summed E-state index contributed by atoms with van der Waals surface area (Å²) < 4.78 is 7.62. The molecule has 138 valence electrons. The predicted molar refractivity (Wildman–Crippen MR) is 110 cm³/mol. The van der Waals surface area contributed by atoms with Gasteiger partial charge in [-0.15, -0.1) is 24.0 Å². The topological polar surface area (TPSA) is 53.8 Å². The van der Waals surface area contributed by atoms with Crippen LogP contribution in [0.15, 0.2) is 29.5 Å². The second-order valence-corrected chi connectivity index (χ2v) is 6.26. The summed E-state index contributed by atoms with van der Waals surface area (Å²) in [4.78, 5) is 6.85. The average Bonchev–Trinajstić information content (AvgIpc) is 3.07. The Morgan fingerprint density at radius 1 is 1.17 bits per heavy atom. The van der Waals surface area contributed by atoms with E-state index in [1.807, 2.05) is 19.2 Å². The monoisotopic (exact) mass is 449 g/mol. The normalized spacial score (nSPS) is 17.4. The Bertz CT molecular complexity index is 458. The van der Waals surface area contributed by atoms with E-state index < -0.39 is 0 Å². The number of nitrogens with one attached hydrogen (secondary N) is 2. The van der Waals surface area contributed by atoms with Crippen LogP contribution >= 0.6 is 24.0 Å². The molecule has 2 rings (SSSR count). The van der Waals surface area contributed by atoms with Gasteiger partial charge in [-0.2, -0.15) is 0 Å². The number of morpholine rings is 1. The second kappa shape index (κ2) is 11.7. The highest BCUT2D eigenvalue weighted by Gasteiger charge is 2.23. The molecule has 2 heterocycles. The van der Waals surface area contributed by atoms with E-state index in [0.717, 1.165) is 51.9 Å². The fourth-order valence-electron chi connectivity index (χ4n) is 2.94. The molecule has 0 amide bonds. The van der Waals surface area contributed by atoms with Crippen LogP contribution < -0.4 is 10.6 Å². The number of nitrogens with zero attached hydrogens (tertiary/aromatic N) is 3. The van der Waals surface area contributed by atoms with Crippen LogP contribution in [0.4, 0.5) is 0 Å². The number of aliphatic imine (C=N–C) groups is 1. The lowest BCUT2D eigenvalue weighted by atomic mass is 10.0. The number of hydrogen-bond acceptors (Lipinski definition) is 3. The van der Waals surface area contributed by atoms with Crippen molar-refractivity contribution in [1.82, 2.24) is 20.1 Å². The smallest absolute Gasteiger partial charge is 0.191 e. The number of rotatable bonds is 7. The van der Waals surface area contributed by atoms with Gasteiger partial charge in [0.2, 0.25) is 0 Å². The molecule has 0 spiro atoms. The largest absolute Gasteiger partial charge is 0.379 e. The standard InChI is InChI=1S/C17H31N5O.HI/c1-15(2)16(22-10-12-23-13-11-22)14-20-17(18-3)19-6-9-21-7-4-5-8-21;/h4-5,7-8,15-16H,6,9-14H2,1-3H3,(H2,18,19,20);1H.